The van der Waals surface area contributed by atoms with Gasteiger partial charge in [0.1, 0.15) is 0 Å². The molecule has 2 atom stereocenters. The molecule has 1 heterocycles. The van der Waals surface area contributed by atoms with Crippen molar-refractivity contribution in [1.29, 1.82) is 0 Å². The van der Waals surface area contributed by atoms with Gasteiger partial charge in [0, 0.05) is 16.3 Å². The van der Waals surface area contributed by atoms with Crippen molar-refractivity contribution >= 4 is 43.2 Å². The Labute approximate surface area is 187 Å². The maximum atomic E-state index is 5.47. The molecule has 8 rings (SSSR count). The zero-order chi connectivity index (χ0) is 21.0. The molecular weight excluding hydrogens is 386 g/mol. The molecule has 1 nitrogen and oxygen atoms in total. The number of nitrogens with zero attached hydrogens (tertiary/aromatic N) is 1. The quantitative estimate of drug-likeness (QED) is 0.196. The standard InChI is InChI=1S/C31H23N/c1-17-5-7-20(8-6-17)30-29-22-12-11-21(15-22)28(29)25-16-23-10-9-18-3-2-4-19-13-14-24(31(25)32-30)27(23)26(18)19/h2-10,13-14,16,21-22H,11-12,15H2,1H3. The molecule has 2 aliphatic carbocycles. The molecule has 5 aromatic carbocycles. The fraction of sp³-hybridized carbons (Fsp3) is 0.194. The van der Waals surface area contributed by atoms with Gasteiger partial charge in [-0.25, -0.2) is 4.98 Å². The Hall–Kier alpha value is -3.45. The molecule has 1 fully saturated rings. The molecular formula is C31H23N. The van der Waals surface area contributed by atoms with E-state index in [-0.39, 0.29) is 0 Å². The number of aromatic nitrogens is 1. The fourth-order valence-electron chi connectivity index (χ4n) is 6.86. The molecule has 1 aromatic heterocycles. The molecule has 1 saturated carbocycles. The summed E-state index contributed by atoms with van der Waals surface area (Å²) >= 11 is 0. The minimum atomic E-state index is 0.675. The van der Waals surface area contributed by atoms with E-state index in [1.165, 1.54) is 79.3 Å². The first-order valence-corrected chi connectivity index (χ1v) is 11.9. The Balaban J connectivity index is 1.58. The van der Waals surface area contributed by atoms with E-state index in [9.17, 15) is 0 Å². The van der Waals surface area contributed by atoms with Crippen LogP contribution in [0.15, 0.2) is 72.8 Å². The zero-order valence-corrected chi connectivity index (χ0v) is 18.2. The Morgan fingerprint density at radius 1 is 0.688 bits per heavy atom. The lowest BCUT2D eigenvalue weighted by Crippen LogP contribution is -2.05. The summed E-state index contributed by atoms with van der Waals surface area (Å²) < 4.78 is 0. The first-order valence-electron chi connectivity index (χ1n) is 11.9. The lowest BCUT2D eigenvalue weighted by Gasteiger charge is -2.23. The average Bonchev–Trinajstić information content (AvgIpc) is 3.45. The van der Waals surface area contributed by atoms with Crippen molar-refractivity contribution < 1.29 is 0 Å². The van der Waals surface area contributed by atoms with Gasteiger partial charge >= 0.3 is 0 Å². The summed E-state index contributed by atoms with van der Waals surface area (Å²) in [4.78, 5) is 5.47. The third kappa shape index (κ3) is 2.07. The molecule has 2 unspecified atom stereocenters. The lowest BCUT2D eigenvalue weighted by molar-refractivity contribution is 0.720. The average molecular weight is 410 g/mol. The third-order valence-corrected chi connectivity index (χ3v) is 8.25. The highest BCUT2D eigenvalue weighted by Gasteiger charge is 2.40. The van der Waals surface area contributed by atoms with Gasteiger partial charge in [0.05, 0.1) is 11.2 Å². The van der Waals surface area contributed by atoms with Gasteiger partial charge in [-0.1, -0.05) is 72.3 Å². The van der Waals surface area contributed by atoms with Gasteiger partial charge in [0.15, 0.2) is 0 Å². The van der Waals surface area contributed by atoms with E-state index >= 15 is 0 Å². The molecule has 152 valence electrons. The molecule has 32 heavy (non-hydrogen) atoms. The topological polar surface area (TPSA) is 12.9 Å². The summed E-state index contributed by atoms with van der Waals surface area (Å²) in [6.07, 6.45) is 3.95. The Kier molecular flexibility index (Phi) is 3.14. The number of benzene rings is 5. The number of rotatable bonds is 1. The summed E-state index contributed by atoms with van der Waals surface area (Å²) in [5.74, 6) is 1.37. The molecule has 0 aliphatic heterocycles. The predicted molar refractivity (Wildman–Crippen MR) is 135 cm³/mol. The first kappa shape index (κ1) is 17.1. The highest BCUT2D eigenvalue weighted by Crippen LogP contribution is 2.58. The van der Waals surface area contributed by atoms with Crippen molar-refractivity contribution in [2.75, 3.05) is 0 Å². The lowest BCUT2D eigenvalue weighted by atomic mass is 9.84. The summed E-state index contributed by atoms with van der Waals surface area (Å²) in [6, 6.07) is 27.3. The normalized spacial score (nSPS) is 19.7. The van der Waals surface area contributed by atoms with Crippen LogP contribution in [0.1, 0.15) is 47.8 Å². The van der Waals surface area contributed by atoms with Crippen LogP contribution in [0.25, 0.3) is 54.5 Å². The van der Waals surface area contributed by atoms with E-state index in [1.807, 2.05) is 0 Å². The van der Waals surface area contributed by atoms with Gasteiger partial charge < -0.3 is 0 Å². The molecule has 6 aromatic rings. The summed E-state index contributed by atoms with van der Waals surface area (Å²) in [5, 5.41) is 9.45. The van der Waals surface area contributed by atoms with Crippen LogP contribution in [0.2, 0.25) is 0 Å². The van der Waals surface area contributed by atoms with E-state index in [4.69, 9.17) is 4.98 Å². The molecule has 0 saturated heterocycles. The Bertz CT molecular complexity index is 1690. The van der Waals surface area contributed by atoms with Gasteiger partial charge in [-0.15, -0.1) is 0 Å². The van der Waals surface area contributed by atoms with Crippen LogP contribution in [0.5, 0.6) is 0 Å². The maximum Gasteiger partial charge on any atom is 0.0791 e. The zero-order valence-electron chi connectivity index (χ0n) is 18.2. The minimum Gasteiger partial charge on any atom is -0.247 e. The van der Waals surface area contributed by atoms with E-state index in [0.717, 1.165) is 0 Å². The minimum absolute atomic E-state index is 0.675. The fourth-order valence-corrected chi connectivity index (χ4v) is 6.86. The van der Waals surface area contributed by atoms with Crippen molar-refractivity contribution in [3.05, 3.63) is 89.5 Å². The maximum absolute atomic E-state index is 5.47. The number of hydrogen-bond acceptors (Lipinski definition) is 1. The molecule has 2 aliphatic rings. The second kappa shape index (κ2) is 5.86. The highest BCUT2D eigenvalue weighted by molar-refractivity contribution is 6.28. The monoisotopic (exact) mass is 409 g/mol. The summed E-state index contributed by atoms with van der Waals surface area (Å²) in [7, 11) is 0. The van der Waals surface area contributed by atoms with Crippen LogP contribution in [-0.2, 0) is 0 Å². The van der Waals surface area contributed by atoms with Gasteiger partial charge in [0.2, 0.25) is 0 Å². The number of fused-ring (bicyclic) bond motifs is 8. The van der Waals surface area contributed by atoms with Gasteiger partial charge in [0.25, 0.3) is 0 Å². The molecule has 0 spiro atoms. The van der Waals surface area contributed by atoms with Crippen molar-refractivity contribution in [2.45, 2.75) is 38.0 Å². The summed E-state index contributed by atoms with van der Waals surface area (Å²) in [6.45, 7) is 2.16. The smallest absolute Gasteiger partial charge is 0.0791 e. The Morgan fingerprint density at radius 2 is 1.41 bits per heavy atom. The van der Waals surface area contributed by atoms with Crippen molar-refractivity contribution in [3.8, 4) is 11.3 Å². The van der Waals surface area contributed by atoms with Crippen molar-refractivity contribution in [2.24, 2.45) is 0 Å². The summed E-state index contributed by atoms with van der Waals surface area (Å²) in [5.41, 5.74) is 8.15. The predicted octanol–water partition coefficient (Wildman–Crippen LogP) is 8.47. The van der Waals surface area contributed by atoms with Crippen LogP contribution >= 0.6 is 0 Å². The second-order valence-corrected chi connectivity index (χ2v) is 9.99. The van der Waals surface area contributed by atoms with Crippen LogP contribution in [0, 0.1) is 6.92 Å². The van der Waals surface area contributed by atoms with Crippen LogP contribution in [0.3, 0.4) is 0 Å². The number of hydrogen-bond donors (Lipinski definition) is 0. The Morgan fingerprint density at radius 3 is 2.22 bits per heavy atom. The first-order chi connectivity index (χ1) is 15.8. The SMILES string of the molecule is Cc1ccc(-c2nc3c(cc4ccc5cccc6ccc3c4c56)c3c2C2CCC3C2)cc1. The van der Waals surface area contributed by atoms with Crippen molar-refractivity contribution in [1.82, 2.24) is 4.98 Å². The number of aryl methyl sites for hydroxylation is 1. The largest absolute Gasteiger partial charge is 0.247 e. The van der Waals surface area contributed by atoms with Gasteiger partial charge in [-0.2, -0.15) is 0 Å². The van der Waals surface area contributed by atoms with Gasteiger partial charge in [-0.05, 0) is 82.1 Å². The third-order valence-electron chi connectivity index (χ3n) is 8.25. The van der Waals surface area contributed by atoms with E-state index in [2.05, 4.69) is 79.7 Å². The molecule has 0 amide bonds. The van der Waals surface area contributed by atoms with Gasteiger partial charge in [-0.3, -0.25) is 0 Å². The van der Waals surface area contributed by atoms with E-state index in [1.54, 1.807) is 11.1 Å². The van der Waals surface area contributed by atoms with Crippen LogP contribution in [0.4, 0.5) is 0 Å². The highest BCUT2D eigenvalue weighted by atomic mass is 14.7. The van der Waals surface area contributed by atoms with Crippen LogP contribution in [-0.4, -0.2) is 4.98 Å². The molecule has 1 heteroatoms. The van der Waals surface area contributed by atoms with Crippen LogP contribution < -0.4 is 0 Å². The van der Waals surface area contributed by atoms with Crippen molar-refractivity contribution in [3.63, 3.8) is 0 Å². The van der Waals surface area contributed by atoms with E-state index < -0.39 is 0 Å². The number of pyridine rings is 1. The molecule has 0 N–H and O–H groups in total. The molecule has 0 radical (unpaired) electrons. The van der Waals surface area contributed by atoms with E-state index in [0.29, 0.717) is 11.8 Å². The molecule has 2 bridgehead atoms. The second-order valence-electron chi connectivity index (χ2n) is 9.99.